The zero-order chi connectivity index (χ0) is 7.15. The van der Waals surface area contributed by atoms with Crippen LogP contribution in [0.25, 0.3) is 0 Å². The van der Waals surface area contributed by atoms with E-state index in [0.717, 1.165) is 26.1 Å². The standard InChI is InChI=1S/C4H6O2.CH3.Hg/c1-3(2)4(5)6;;/h1H2,2H3,(H,5,6);1H3;/q;;+1/p-1. The first-order valence-electron chi connectivity index (χ1n) is 2.22. The number of carboxylic acid groups (broad SMARTS) is 1. The first-order chi connectivity index (χ1) is 3.64. The van der Waals surface area contributed by atoms with Gasteiger partial charge in [-0.25, -0.2) is 0 Å². The molecule has 0 aliphatic carbocycles. The molecule has 0 radical (unpaired) electrons. The topological polar surface area (TPSA) is 40.1 Å². The molecule has 0 N–H and O–H groups in total. The summed E-state index contributed by atoms with van der Waals surface area (Å²) in [6.45, 7) is 4.48. The molecule has 0 aromatic carbocycles. The molecule has 0 amide bonds. The zero-order valence-electron chi connectivity index (χ0n) is 5.23. The Hall–Kier alpha value is 0.145. The molecule has 0 aromatic rings. The first-order valence-corrected chi connectivity index (χ1v) is 7.72. The van der Waals surface area contributed by atoms with E-state index >= 15 is 0 Å². The Morgan fingerprint density at radius 3 is 1.75 bits per heavy atom. The third-order valence-corrected chi connectivity index (χ3v) is 0.348. The van der Waals surface area contributed by atoms with Crippen LogP contribution in [0, 0.1) is 0 Å². The minimum atomic E-state index is -1.19. The van der Waals surface area contributed by atoms with E-state index in [1.807, 2.05) is 0 Å². The van der Waals surface area contributed by atoms with Crippen LogP contribution in [0.2, 0.25) is 4.43 Å². The Bertz CT molecular complexity index is 76.4. The van der Waals surface area contributed by atoms with E-state index in [-0.39, 0.29) is 5.57 Å². The number of hydrogen-bond acceptors (Lipinski definition) is 2. The third kappa shape index (κ3) is 9.47. The van der Waals surface area contributed by atoms with Crippen molar-refractivity contribution in [3.63, 3.8) is 0 Å². The van der Waals surface area contributed by atoms with Gasteiger partial charge in [0.15, 0.2) is 0 Å². The molecule has 0 unspecified atom stereocenters. The second-order valence-electron chi connectivity index (χ2n) is 1.07. The van der Waals surface area contributed by atoms with Gasteiger partial charge in [-0.1, -0.05) is 6.58 Å². The van der Waals surface area contributed by atoms with Gasteiger partial charge in [0, 0.05) is 0 Å². The molecule has 0 heterocycles. The van der Waals surface area contributed by atoms with Crippen LogP contribution in [0.5, 0.6) is 0 Å². The van der Waals surface area contributed by atoms with Gasteiger partial charge in [0.2, 0.25) is 0 Å². The summed E-state index contributed by atoms with van der Waals surface area (Å²) in [5, 5.41) is 9.49. The molecule has 8 heavy (non-hydrogen) atoms. The molecule has 0 spiro atoms. The molecule has 0 atom stereocenters. The van der Waals surface area contributed by atoms with Gasteiger partial charge in [-0.3, -0.25) is 0 Å². The summed E-state index contributed by atoms with van der Waals surface area (Å²) >= 11 is 1.03. The van der Waals surface area contributed by atoms with Crippen molar-refractivity contribution in [1.82, 2.24) is 0 Å². The Morgan fingerprint density at radius 1 is 1.62 bits per heavy atom. The Balaban J connectivity index is 0. The Kier molecular flexibility index (Phi) is 9.83. The van der Waals surface area contributed by atoms with Crippen molar-refractivity contribution in [2.24, 2.45) is 0 Å². The number of carbonyl (C=O) groups is 1. The van der Waals surface area contributed by atoms with E-state index in [1.54, 1.807) is 0 Å². The van der Waals surface area contributed by atoms with Crippen molar-refractivity contribution in [2.45, 2.75) is 11.4 Å². The van der Waals surface area contributed by atoms with Crippen LogP contribution in [0.1, 0.15) is 6.92 Å². The monoisotopic (exact) mass is 302 g/mol. The van der Waals surface area contributed by atoms with E-state index in [9.17, 15) is 9.90 Å². The van der Waals surface area contributed by atoms with Gasteiger partial charge in [0.05, 0.1) is 5.97 Å². The van der Waals surface area contributed by atoms with E-state index in [0.29, 0.717) is 0 Å². The van der Waals surface area contributed by atoms with Gasteiger partial charge in [0.25, 0.3) is 0 Å². The number of aliphatic carboxylic acids is 1. The van der Waals surface area contributed by atoms with Crippen LogP contribution in [0.15, 0.2) is 12.2 Å². The summed E-state index contributed by atoms with van der Waals surface area (Å²) < 4.78 is 2.19. The van der Waals surface area contributed by atoms with Gasteiger partial charge in [-0.2, -0.15) is 0 Å². The van der Waals surface area contributed by atoms with E-state index in [1.165, 1.54) is 6.92 Å². The van der Waals surface area contributed by atoms with Crippen molar-refractivity contribution in [2.75, 3.05) is 0 Å². The molecule has 0 aromatic heterocycles. The van der Waals surface area contributed by atoms with Gasteiger partial charge in [0.1, 0.15) is 0 Å². The van der Waals surface area contributed by atoms with Crippen LogP contribution in [0.3, 0.4) is 0 Å². The van der Waals surface area contributed by atoms with Gasteiger partial charge in [-0.15, -0.1) is 0 Å². The summed E-state index contributed by atoms with van der Waals surface area (Å²) in [4.78, 5) is 9.49. The molecule has 2 nitrogen and oxygen atoms in total. The maximum absolute atomic E-state index is 9.49. The third-order valence-electron chi connectivity index (χ3n) is 0.348. The van der Waals surface area contributed by atoms with Crippen molar-refractivity contribution < 1.29 is 36.0 Å². The average Bonchev–Trinajstić information content (AvgIpc) is 1.72. The number of hydrogen-bond donors (Lipinski definition) is 0. The second kappa shape index (κ2) is 7.15. The summed E-state index contributed by atoms with van der Waals surface area (Å²) in [5.74, 6) is -1.19. The van der Waals surface area contributed by atoms with Crippen LogP contribution in [-0.4, -0.2) is 5.97 Å². The van der Waals surface area contributed by atoms with Crippen molar-refractivity contribution >= 4 is 5.97 Å². The number of carboxylic acids is 1. The molecule has 0 saturated heterocycles. The van der Waals surface area contributed by atoms with Gasteiger partial charge >= 0.3 is 30.6 Å². The molecule has 0 aliphatic rings. The molecule has 0 fully saturated rings. The van der Waals surface area contributed by atoms with E-state index in [2.05, 4.69) is 11.0 Å². The first kappa shape index (κ1) is 11.0. The SMILES string of the molecule is C=C(C)C(=O)[O-].[CH3][Hg+]. The predicted octanol–water partition coefficient (Wildman–Crippen LogP) is -0.106. The molecule has 0 aliphatic heterocycles. The van der Waals surface area contributed by atoms with Crippen LogP contribution in [-0.2, 0) is 30.9 Å². The summed E-state index contributed by atoms with van der Waals surface area (Å²) in [7, 11) is 0. The normalized spacial score (nSPS) is 6.50. The van der Waals surface area contributed by atoms with Gasteiger partial charge < -0.3 is 9.90 Å². The molecule has 3 heteroatoms. The zero-order valence-corrected chi connectivity index (χ0v) is 10.7. The summed E-state index contributed by atoms with van der Waals surface area (Å²) in [6.07, 6.45) is 0. The van der Waals surface area contributed by atoms with Crippen LogP contribution >= 0.6 is 0 Å². The molecular formula is C5H8HgO2. The van der Waals surface area contributed by atoms with Gasteiger partial charge in [-0.05, 0) is 12.5 Å². The van der Waals surface area contributed by atoms with Crippen LogP contribution < -0.4 is 5.11 Å². The van der Waals surface area contributed by atoms with Crippen LogP contribution in [0.4, 0.5) is 0 Å². The molecule has 0 rings (SSSR count). The maximum atomic E-state index is 9.49. The molecule has 0 bridgehead atoms. The Labute approximate surface area is 65.6 Å². The fourth-order valence-electron chi connectivity index (χ4n) is 0. The molecule has 0 saturated carbocycles. The second-order valence-corrected chi connectivity index (χ2v) is 1.07. The fraction of sp³-hybridized carbons (Fsp3) is 0.400. The van der Waals surface area contributed by atoms with Crippen molar-refractivity contribution in [1.29, 1.82) is 0 Å². The van der Waals surface area contributed by atoms with E-state index in [4.69, 9.17) is 0 Å². The summed E-state index contributed by atoms with van der Waals surface area (Å²) in [5.41, 5.74) is 0.0648. The average molecular weight is 301 g/mol. The Morgan fingerprint density at radius 2 is 1.75 bits per heavy atom. The minimum absolute atomic E-state index is 0.0648. The summed E-state index contributed by atoms with van der Waals surface area (Å²) in [6, 6.07) is 0. The number of rotatable bonds is 1. The molecule has 42 valence electrons. The predicted molar refractivity (Wildman–Crippen MR) is 25.7 cm³/mol. The molecular weight excluding hydrogens is 293 g/mol. The quantitative estimate of drug-likeness (QED) is 0.501. The van der Waals surface area contributed by atoms with E-state index < -0.39 is 5.97 Å². The number of carbonyl (C=O) groups excluding carboxylic acids is 1. The fourth-order valence-corrected chi connectivity index (χ4v) is 0. The van der Waals surface area contributed by atoms with Crippen molar-refractivity contribution in [3.05, 3.63) is 12.2 Å². The van der Waals surface area contributed by atoms with Crippen molar-refractivity contribution in [3.8, 4) is 0 Å².